The predicted octanol–water partition coefficient (Wildman–Crippen LogP) is 4.57. The lowest BCUT2D eigenvalue weighted by molar-refractivity contribution is -0.111. The second-order valence-electron chi connectivity index (χ2n) is 7.96. The minimum absolute atomic E-state index is 0.00449. The van der Waals surface area contributed by atoms with E-state index in [1.165, 1.54) is 10.4 Å². The Balaban J connectivity index is 2.36. The number of rotatable bonds is 9. The summed E-state index contributed by atoms with van der Waals surface area (Å²) in [5, 5.41) is 2.62. The van der Waals surface area contributed by atoms with E-state index in [4.69, 9.17) is 4.43 Å². The first kappa shape index (κ1) is 20.6. The lowest BCUT2D eigenvalue weighted by Gasteiger charge is -2.43. The van der Waals surface area contributed by atoms with Crippen molar-refractivity contribution in [1.82, 2.24) is 0 Å². The highest BCUT2D eigenvalue weighted by Gasteiger charge is 2.49. The van der Waals surface area contributed by atoms with Crippen LogP contribution in [-0.4, -0.2) is 21.2 Å². The van der Waals surface area contributed by atoms with Crippen LogP contribution in [0.4, 0.5) is 0 Å². The highest BCUT2D eigenvalue weighted by atomic mass is 28.4. The number of benzene rings is 2. The van der Waals surface area contributed by atoms with Crippen LogP contribution >= 0.6 is 0 Å². The van der Waals surface area contributed by atoms with Gasteiger partial charge in [0, 0.05) is 12.5 Å². The predicted molar refractivity (Wildman–Crippen MR) is 113 cm³/mol. The van der Waals surface area contributed by atoms with Crippen LogP contribution in [0.2, 0.25) is 5.04 Å². The molecule has 0 amide bonds. The Morgan fingerprint density at radius 2 is 1.46 bits per heavy atom. The fourth-order valence-corrected chi connectivity index (χ4v) is 8.31. The third-order valence-electron chi connectivity index (χ3n) is 5.17. The van der Waals surface area contributed by atoms with Crippen LogP contribution in [0.1, 0.15) is 47.0 Å². The molecule has 0 radical (unpaired) electrons. The maximum absolute atomic E-state index is 11.1. The van der Waals surface area contributed by atoms with Gasteiger partial charge in [0.1, 0.15) is 6.29 Å². The smallest absolute Gasteiger partial charge is 0.261 e. The number of carbonyl (C=O) groups is 1. The molecule has 0 fully saturated rings. The van der Waals surface area contributed by atoms with E-state index in [0.29, 0.717) is 6.61 Å². The summed E-state index contributed by atoms with van der Waals surface area (Å²) in [6.45, 7) is 9.64. The van der Waals surface area contributed by atoms with Gasteiger partial charge in [-0.15, -0.1) is 0 Å². The molecule has 26 heavy (non-hydrogen) atoms. The summed E-state index contributed by atoms with van der Waals surface area (Å²) in [6.07, 6.45) is 3.81. The Morgan fingerprint density at radius 3 is 1.85 bits per heavy atom. The summed E-state index contributed by atoms with van der Waals surface area (Å²) >= 11 is 0. The number of carbonyl (C=O) groups excluding carboxylic acids is 1. The topological polar surface area (TPSA) is 26.3 Å². The molecular formula is C23H32O2Si. The van der Waals surface area contributed by atoms with Crippen molar-refractivity contribution >= 4 is 25.0 Å². The van der Waals surface area contributed by atoms with Crippen LogP contribution in [0, 0.1) is 5.92 Å². The summed E-state index contributed by atoms with van der Waals surface area (Å²) in [5.74, 6) is 0.151. The molecule has 2 aromatic rings. The van der Waals surface area contributed by atoms with Crippen molar-refractivity contribution < 1.29 is 9.22 Å². The molecule has 140 valence electrons. The minimum atomic E-state index is -2.43. The molecule has 1 atom stereocenters. The van der Waals surface area contributed by atoms with E-state index in [1.54, 1.807) is 0 Å². The van der Waals surface area contributed by atoms with Gasteiger partial charge in [0.2, 0.25) is 0 Å². The van der Waals surface area contributed by atoms with E-state index in [1.807, 2.05) is 0 Å². The first-order chi connectivity index (χ1) is 12.5. The zero-order chi connectivity index (χ0) is 19.0. The Bertz CT molecular complexity index is 622. The van der Waals surface area contributed by atoms with Crippen LogP contribution < -0.4 is 10.4 Å². The van der Waals surface area contributed by atoms with Gasteiger partial charge in [-0.2, -0.15) is 0 Å². The summed E-state index contributed by atoms with van der Waals surface area (Å²) in [5.41, 5.74) is 0. The average Bonchev–Trinajstić information content (AvgIpc) is 2.65. The third kappa shape index (κ3) is 4.52. The number of hydrogen-bond donors (Lipinski definition) is 0. The molecule has 0 unspecified atom stereocenters. The fourth-order valence-electron chi connectivity index (χ4n) is 3.70. The SMILES string of the molecule is CC[C@H](C=O)CCCO[Si](c1ccccc1)(c1ccccc1)C(C)(C)C. The van der Waals surface area contributed by atoms with E-state index in [9.17, 15) is 4.79 Å². The van der Waals surface area contributed by atoms with Crippen molar-refractivity contribution in [2.45, 2.75) is 52.0 Å². The van der Waals surface area contributed by atoms with E-state index >= 15 is 0 Å². The van der Waals surface area contributed by atoms with Crippen molar-refractivity contribution in [1.29, 1.82) is 0 Å². The number of aldehydes is 1. The summed E-state index contributed by atoms with van der Waals surface area (Å²) in [7, 11) is -2.43. The van der Waals surface area contributed by atoms with E-state index in [2.05, 4.69) is 88.4 Å². The van der Waals surface area contributed by atoms with Gasteiger partial charge in [-0.3, -0.25) is 0 Å². The molecule has 0 aliphatic carbocycles. The molecule has 2 nitrogen and oxygen atoms in total. The quantitative estimate of drug-likeness (QED) is 0.368. The molecule has 2 aromatic carbocycles. The van der Waals surface area contributed by atoms with Crippen molar-refractivity contribution in [3.05, 3.63) is 60.7 Å². The second-order valence-corrected chi connectivity index (χ2v) is 12.3. The van der Waals surface area contributed by atoms with E-state index in [0.717, 1.165) is 25.5 Å². The lowest BCUT2D eigenvalue weighted by Crippen LogP contribution is -2.66. The maximum atomic E-state index is 11.1. The average molecular weight is 369 g/mol. The van der Waals surface area contributed by atoms with Crippen molar-refractivity contribution in [3.63, 3.8) is 0 Å². The Labute approximate surface area is 159 Å². The van der Waals surface area contributed by atoms with E-state index in [-0.39, 0.29) is 11.0 Å². The third-order valence-corrected chi connectivity index (χ3v) is 10.2. The largest absolute Gasteiger partial charge is 0.407 e. The van der Waals surface area contributed by atoms with E-state index < -0.39 is 8.32 Å². The molecule has 0 N–H and O–H groups in total. The molecule has 0 heterocycles. The van der Waals surface area contributed by atoms with Crippen molar-refractivity contribution in [2.75, 3.05) is 6.61 Å². The van der Waals surface area contributed by atoms with Gasteiger partial charge in [-0.25, -0.2) is 0 Å². The van der Waals surface area contributed by atoms with Gasteiger partial charge in [-0.05, 0) is 34.7 Å². The van der Waals surface area contributed by atoms with Crippen LogP contribution in [0.3, 0.4) is 0 Å². The Hall–Kier alpha value is -1.71. The van der Waals surface area contributed by atoms with Crippen molar-refractivity contribution in [3.8, 4) is 0 Å². The molecule has 0 aliphatic rings. The van der Waals surface area contributed by atoms with Gasteiger partial charge in [0.05, 0.1) is 0 Å². The zero-order valence-corrected chi connectivity index (χ0v) is 17.6. The first-order valence-electron chi connectivity index (χ1n) is 9.66. The van der Waals surface area contributed by atoms with Crippen LogP contribution in [0.15, 0.2) is 60.7 Å². The summed E-state index contributed by atoms with van der Waals surface area (Å²) in [4.78, 5) is 11.1. The lowest BCUT2D eigenvalue weighted by atomic mass is 10.0. The monoisotopic (exact) mass is 368 g/mol. The number of hydrogen-bond acceptors (Lipinski definition) is 2. The first-order valence-corrected chi connectivity index (χ1v) is 11.6. The molecule has 0 spiro atoms. The molecule has 3 heteroatoms. The van der Waals surface area contributed by atoms with Crippen molar-refractivity contribution in [2.24, 2.45) is 5.92 Å². The standard InChI is InChI=1S/C23H32O2Si/c1-5-20(19-24)13-12-18-25-26(23(2,3)4,21-14-8-6-9-15-21)22-16-10-7-11-17-22/h6-11,14-17,19-20H,5,12-13,18H2,1-4H3/t20-/m0/s1. The van der Waals surface area contributed by atoms with Gasteiger partial charge >= 0.3 is 0 Å². The summed E-state index contributed by atoms with van der Waals surface area (Å²) in [6, 6.07) is 21.4. The van der Waals surface area contributed by atoms with Gasteiger partial charge in [-0.1, -0.05) is 88.4 Å². The van der Waals surface area contributed by atoms with Crippen LogP contribution in [0.5, 0.6) is 0 Å². The minimum Gasteiger partial charge on any atom is -0.407 e. The highest BCUT2D eigenvalue weighted by Crippen LogP contribution is 2.36. The molecule has 0 saturated carbocycles. The summed E-state index contributed by atoms with van der Waals surface area (Å²) < 4.78 is 6.83. The zero-order valence-electron chi connectivity index (χ0n) is 16.6. The Kier molecular flexibility index (Phi) is 7.36. The fraction of sp³-hybridized carbons (Fsp3) is 0.435. The second kappa shape index (κ2) is 9.29. The normalized spacial score (nSPS) is 13.4. The molecule has 0 aliphatic heterocycles. The Morgan fingerprint density at radius 1 is 0.962 bits per heavy atom. The maximum Gasteiger partial charge on any atom is 0.261 e. The molecule has 0 saturated heterocycles. The molecule has 2 rings (SSSR count). The van der Waals surface area contributed by atoms with Crippen LogP contribution in [0.25, 0.3) is 0 Å². The highest BCUT2D eigenvalue weighted by molar-refractivity contribution is 6.99. The van der Waals surface area contributed by atoms with Gasteiger partial charge < -0.3 is 9.22 Å². The van der Waals surface area contributed by atoms with Gasteiger partial charge in [0.25, 0.3) is 8.32 Å². The molecular weight excluding hydrogens is 336 g/mol. The van der Waals surface area contributed by atoms with Crippen LogP contribution in [-0.2, 0) is 9.22 Å². The van der Waals surface area contributed by atoms with Gasteiger partial charge in [0.15, 0.2) is 0 Å². The molecule has 0 bridgehead atoms. The molecule has 0 aromatic heterocycles.